The van der Waals surface area contributed by atoms with Crippen molar-refractivity contribution in [2.24, 2.45) is 4.99 Å². The summed E-state index contributed by atoms with van der Waals surface area (Å²) >= 11 is 3.18. The molecule has 112 valence electrons. The van der Waals surface area contributed by atoms with Crippen molar-refractivity contribution in [2.75, 3.05) is 19.6 Å². The van der Waals surface area contributed by atoms with Crippen LogP contribution in [0.25, 0.3) is 0 Å². The molecule has 21 heavy (non-hydrogen) atoms. The molecule has 1 N–H and O–H groups in total. The van der Waals surface area contributed by atoms with E-state index in [1.54, 1.807) is 11.8 Å². The Morgan fingerprint density at radius 1 is 1.29 bits per heavy atom. The summed E-state index contributed by atoms with van der Waals surface area (Å²) in [5.41, 5.74) is 2.39. The maximum Gasteiger partial charge on any atom is 0.338 e. The zero-order valence-electron chi connectivity index (χ0n) is 12.5. The van der Waals surface area contributed by atoms with Crippen LogP contribution < -0.4 is 5.32 Å². The number of thioether (sulfide) groups is 2. The molecule has 0 aromatic heterocycles. The van der Waals surface area contributed by atoms with E-state index < -0.39 is 0 Å². The molecule has 1 aliphatic rings. The van der Waals surface area contributed by atoms with Crippen LogP contribution in [-0.2, 0) is 9.53 Å². The van der Waals surface area contributed by atoms with Gasteiger partial charge in [-0.1, -0.05) is 30.0 Å². The smallest absolute Gasteiger partial charge is 0.338 e. The summed E-state index contributed by atoms with van der Waals surface area (Å²) in [5.74, 6) is -0.343. The van der Waals surface area contributed by atoms with Crippen molar-refractivity contribution in [2.45, 2.75) is 17.9 Å². The molecule has 1 atom stereocenters. The quantitative estimate of drug-likeness (QED) is 0.684. The molecule has 0 amide bonds. The Balaban J connectivity index is 2.56. The summed E-state index contributed by atoms with van der Waals surface area (Å²) < 4.78 is 4.93. The molecule has 0 spiro atoms. The topological polar surface area (TPSA) is 50.7 Å². The normalized spacial score (nSPS) is 18.1. The van der Waals surface area contributed by atoms with E-state index in [9.17, 15) is 4.79 Å². The maximum absolute atomic E-state index is 12.2. The Morgan fingerprint density at radius 3 is 2.62 bits per heavy atom. The van der Waals surface area contributed by atoms with Gasteiger partial charge in [-0.25, -0.2) is 9.79 Å². The molecule has 0 radical (unpaired) electrons. The number of ether oxygens (including phenoxy) is 1. The second kappa shape index (κ2) is 7.04. The fourth-order valence-corrected chi connectivity index (χ4v) is 3.34. The van der Waals surface area contributed by atoms with Crippen LogP contribution >= 0.6 is 23.5 Å². The molecule has 0 bridgehead atoms. The molecule has 1 heterocycles. The lowest BCUT2D eigenvalue weighted by molar-refractivity contribution is -0.136. The van der Waals surface area contributed by atoms with E-state index in [0.717, 1.165) is 21.3 Å². The molecular formula is C15H18N2O2S2. The molecular weight excluding hydrogens is 304 g/mol. The highest BCUT2D eigenvalue weighted by molar-refractivity contribution is 8.13. The van der Waals surface area contributed by atoms with Crippen LogP contribution in [0.4, 0.5) is 0 Å². The third-order valence-corrected chi connectivity index (χ3v) is 4.66. The van der Waals surface area contributed by atoms with Crippen LogP contribution in [0.5, 0.6) is 0 Å². The van der Waals surface area contributed by atoms with E-state index in [1.807, 2.05) is 43.7 Å². The second-order valence-electron chi connectivity index (χ2n) is 4.44. The number of esters is 1. The lowest BCUT2D eigenvalue weighted by Gasteiger charge is -2.26. The molecule has 0 saturated carbocycles. The highest BCUT2D eigenvalue weighted by Gasteiger charge is 2.30. The number of allylic oxidation sites excluding steroid dienone is 1. The van der Waals surface area contributed by atoms with Crippen molar-refractivity contribution in [3.05, 3.63) is 41.1 Å². The van der Waals surface area contributed by atoms with Crippen molar-refractivity contribution in [1.29, 1.82) is 0 Å². The van der Waals surface area contributed by atoms with Crippen LogP contribution in [-0.4, -0.2) is 30.8 Å². The number of nitrogens with zero attached hydrogens (tertiary/aromatic N) is 1. The molecule has 0 fully saturated rings. The fourth-order valence-electron chi connectivity index (χ4n) is 2.24. The molecule has 6 heteroatoms. The highest BCUT2D eigenvalue weighted by atomic mass is 32.2. The molecule has 0 unspecified atom stereocenters. The van der Waals surface area contributed by atoms with Crippen molar-refractivity contribution >= 4 is 34.7 Å². The maximum atomic E-state index is 12.2. The number of carbonyl (C=O) groups excluding carboxylic acids is 1. The number of nitrogens with one attached hydrogen (secondary N) is 1. The predicted molar refractivity (Wildman–Crippen MR) is 89.8 cm³/mol. The molecule has 4 nitrogen and oxygen atoms in total. The van der Waals surface area contributed by atoms with Gasteiger partial charge >= 0.3 is 5.97 Å². The molecule has 1 aliphatic heterocycles. The van der Waals surface area contributed by atoms with Crippen molar-refractivity contribution in [3.63, 3.8) is 0 Å². The zero-order chi connectivity index (χ0) is 15.4. The van der Waals surface area contributed by atoms with Gasteiger partial charge in [0.15, 0.2) is 5.17 Å². The molecule has 1 aromatic carbocycles. The first-order valence-corrected chi connectivity index (χ1v) is 8.88. The van der Waals surface area contributed by atoms with Crippen LogP contribution in [0.3, 0.4) is 0 Å². The number of carbonyl (C=O) groups is 1. The van der Waals surface area contributed by atoms with E-state index in [2.05, 4.69) is 10.3 Å². The van der Waals surface area contributed by atoms with Crippen molar-refractivity contribution in [1.82, 2.24) is 5.32 Å². The zero-order valence-corrected chi connectivity index (χ0v) is 14.1. The lowest BCUT2D eigenvalue weighted by atomic mass is 9.96. The Morgan fingerprint density at radius 2 is 2.00 bits per heavy atom. The molecule has 1 aromatic rings. The van der Waals surface area contributed by atoms with Crippen LogP contribution in [0.15, 0.2) is 45.4 Å². The Hall–Kier alpha value is -1.40. The second-order valence-corrected chi connectivity index (χ2v) is 6.08. The SMILES string of the molecule is COC(=O)C1=C(C)NC(SC)=N[C@@H]1c1ccccc1SC. The fraction of sp³-hybridized carbons (Fsp3) is 0.333. The number of amidine groups is 1. The Kier molecular flexibility index (Phi) is 5.36. The molecule has 0 saturated heterocycles. The highest BCUT2D eigenvalue weighted by Crippen LogP contribution is 2.36. The summed E-state index contributed by atoms with van der Waals surface area (Å²) in [5, 5.41) is 3.96. The van der Waals surface area contributed by atoms with E-state index in [4.69, 9.17) is 4.74 Å². The Labute approximate surface area is 133 Å². The van der Waals surface area contributed by atoms with E-state index in [-0.39, 0.29) is 12.0 Å². The van der Waals surface area contributed by atoms with Crippen LogP contribution in [0.1, 0.15) is 18.5 Å². The minimum Gasteiger partial charge on any atom is -0.466 e. The minimum absolute atomic E-state index is 0.329. The van der Waals surface area contributed by atoms with Crippen molar-refractivity contribution < 1.29 is 9.53 Å². The largest absolute Gasteiger partial charge is 0.466 e. The van der Waals surface area contributed by atoms with Gasteiger partial charge in [-0.3, -0.25) is 0 Å². The first kappa shape index (κ1) is 16.0. The van der Waals surface area contributed by atoms with Gasteiger partial charge in [0.25, 0.3) is 0 Å². The number of aliphatic imine (C=N–C) groups is 1. The standard InChI is InChI=1S/C15H18N2O2S2/c1-9-12(14(18)19-2)13(17-15(16-9)21-4)10-7-5-6-8-11(10)20-3/h5-8,13H,1-4H3,(H,16,17)/t13-/m1/s1. The first-order chi connectivity index (χ1) is 10.1. The third kappa shape index (κ3) is 3.27. The van der Waals surface area contributed by atoms with E-state index in [1.165, 1.54) is 18.9 Å². The predicted octanol–water partition coefficient (Wildman–Crippen LogP) is 3.22. The summed E-state index contributed by atoms with van der Waals surface area (Å²) in [4.78, 5) is 17.9. The van der Waals surface area contributed by atoms with Gasteiger partial charge in [0, 0.05) is 10.6 Å². The van der Waals surface area contributed by atoms with E-state index >= 15 is 0 Å². The van der Waals surface area contributed by atoms with Gasteiger partial charge in [0.1, 0.15) is 6.04 Å². The van der Waals surface area contributed by atoms with Gasteiger partial charge in [-0.2, -0.15) is 0 Å². The Bertz CT molecular complexity index is 611. The molecule has 0 aliphatic carbocycles. The summed E-state index contributed by atoms with van der Waals surface area (Å²) in [6.07, 6.45) is 3.98. The average Bonchev–Trinajstić information content (AvgIpc) is 2.53. The molecule has 2 rings (SSSR count). The number of rotatable bonds is 3. The summed E-state index contributed by atoms with van der Waals surface area (Å²) in [6, 6.07) is 7.68. The van der Waals surface area contributed by atoms with Crippen molar-refractivity contribution in [3.8, 4) is 0 Å². The first-order valence-electron chi connectivity index (χ1n) is 6.43. The summed E-state index contributed by atoms with van der Waals surface area (Å²) in [6.45, 7) is 1.88. The lowest BCUT2D eigenvalue weighted by Crippen LogP contribution is -2.30. The third-order valence-electron chi connectivity index (χ3n) is 3.25. The van der Waals surface area contributed by atoms with Gasteiger partial charge < -0.3 is 10.1 Å². The number of hydrogen-bond donors (Lipinski definition) is 1. The number of methoxy groups -OCH3 is 1. The minimum atomic E-state index is -0.343. The van der Waals surface area contributed by atoms with Gasteiger partial charge in [-0.15, -0.1) is 11.8 Å². The van der Waals surface area contributed by atoms with Gasteiger partial charge in [0.05, 0.1) is 12.7 Å². The van der Waals surface area contributed by atoms with Gasteiger partial charge in [0.2, 0.25) is 0 Å². The monoisotopic (exact) mass is 322 g/mol. The van der Waals surface area contributed by atoms with Gasteiger partial charge in [-0.05, 0) is 31.1 Å². The number of hydrogen-bond acceptors (Lipinski definition) is 6. The van der Waals surface area contributed by atoms with Crippen LogP contribution in [0, 0.1) is 0 Å². The van der Waals surface area contributed by atoms with Crippen LogP contribution in [0.2, 0.25) is 0 Å². The number of benzene rings is 1. The van der Waals surface area contributed by atoms with E-state index in [0.29, 0.717) is 5.57 Å². The summed E-state index contributed by atoms with van der Waals surface area (Å²) in [7, 11) is 1.40. The average molecular weight is 322 g/mol.